The molecule has 2 aromatic carbocycles. The summed E-state index contributed by atoms with van der Waals surface area (Å²) in [5, 5.41) is 32.1. The minimum atomic E-state index is -1.69. The van der Waals surface area contributed by atoms with Crippen molar-refractivity contribution in [3.63, 3.8) is 0 Å². The highest BCUT2D eigenvalue weighted by Crippen LogP contribution is 2.27. The molecule has 0 amide bonds. The maximum atomic E-state index is 13.1. The van der Waals surface area contributed by atoms with Gasteiger partial charge in [0, 0.05) is 0 Å². The standard InChI is InChI=1S/2C8H5F3O3.C2H6O2/c2*1-14-7-5(10)3(8(12)13)2-4(9)6(7)11;3-1-2-4/h2*2H,1H3,(H,12,13);3-4H,1-2H2. The van der Waals surface area contributed by atoms with Gasteiger partial charge in [-0.25, -0.2) is 27.2 Å². The van der Waals surface area contributed by atoms with E-state index in [0.717, 1.165) is 14.2 Å². The van der Waals surface area contributed by atoms with Crippen LogP contribution in [0, 0.1) is 34.9 Å². The number of methoxy groups -OCH3 is 2. The number of aromatic carboxylic acids is 2. The summed E-state index contributed by atoms with van der Waals surface area (Å²) in [5.41, 5.74) is -1.94. The number of benzene rings is 2. The predicted molar refractivity (Wildman–Crippen MR) is 93.8 cm³/mol. The Balaban J connectivity index is 0.000000515. The second kappa shape index (κ2) is 13.0. The van der Waals surface area contributed by atoms with Crippen LogP contribution in [-0.2, 0) is 0 Å². The third-order valence-corrected chi connectivity index (χ3v) is 3.20. The van der Waals surface area contributed by atoms with E-state index in [1.165, 1.54) is 0 Å². The van der Waals surface area contributed by atoms with Crippen molar-refractivity contribution in [2.45, 2.75) is 0 Å². The van der Waals surface area contributed by atoms with E-state index in [1.807, 2.05) is 0 Å². The van der Waals surface area contributed by atoms with E-state index in [-0.39, 0.29) is 25.3 Å². The number of ether oxygens (including phenoxy) is 2. The molecule has 0 aliphatic rings. The van der Waals surface area contributed by atoms with Gasteiger partial charge < -0.3 is 29.9 Å². The fourth-order valence-electron chi connectivity index (χ4n) is 1.83. The molecule has 178 valence electrons. The molecule has 0 radical (unpaired) electrons. The first-order chi connectivity index (χ1) is 14.9. The van der Waals surface area contributed by atoms with Gasteiger partial charge in [0.25, 0.3) is 0 Å². The fourth-order valence-corrected chi connectivity index (χ4v) is 1.83. The van der Waals surface area contributed by atoms with E-state index in [2.05, 4.69) is 9.47 Å². The number of rotatable bonds is 5. The zero-order chi connectivity index (χ0) is 25.2. The van der Waals surface area contributed by atoms with Crippen LogP contribution in [0.5, 0.6) is 11.5 Å². The van der Waals surface area contributed by atoms with Crippen LogP contribution < -0.4 is 9.47 Å². The summed E-state index contributed by atoms with van der Waals surface area (Å²) in [6, 6.07) is 0.519. The number of hydrogen-bond donors (Lipinski definition) is 4. The Labute approximate surface area is 175 Å². The highest BCUT2D eigenvalue weighted by atomic mass is 19.2. The summed E-state index contributed by atoms with van der Waals surface area (Å²) in [7, 11) is 1.82. The number of carbonyl (C=O) groups is 2. The van der Waals surface area contributed by atoms with Crippen LogP contribution in [0.1, 0.15) is 20.7 Å². The molecule has 8 nitrogen and oxygen atoms in total. The molecule has 0 saturated heterocycles. The number of aliphatic hydroxyl groups excluding tert-OH is 2. The van der Waals surface area contributed by atoms with E-state index in [9.17, 15) is 35.9 Å². The first kappa shape index (κ1) is 28.5. The molecule has 14 heteroatoms. The van der Waals surface area contributed by atoms with Crippen LogP contribution in [0.2, 0.25) is 0 Å². The van der Waals surface area contributed by atoms with Gasteiger partial charge in [-0.1, -0.05) is 0 Å². The molecule has 2 aromatic rings. The molecule has 0 unspecified atom stereocenters. The lowest BCUT2D eigenvalue weighted by molar-refractivity contribution is 0.0679. The van der Waals surface area contributed by atoms with Gasteiger partial charge >= 0.3 is 11.9 Å². The normalized spacial score (nSPS) is 9.69. The summed E-state index contributed by atoms with van der Waals surface area (Å²) in [6.45, 7) is -0.250. The van der Waals surface area contributed by atoms with Crippen LogP contribution >= 0.6 is 0 Å². The Morgan fingerprint density at radius 1 is 0.688 bits per heavy atom. The van der Waals surface area contributed by atoms with Gasteiger partial charge in [-0.15, -0.1) is 0 Å². The van der Waals surface area contributed by atoms with Gasteiger partial charge in [-0.2, -0.15) is 8.78 Å². The topological polar surface area (TPSA) is 134 Å². The van der Waals surface area contributed by atoms with E-state index >= 15 is 0 Å². The largest absolute Gasteiger partial charge is 0.491 e. The summed E-state index contributed by atoms with van der Waals surface area (Å²) in [4.78, 5) is 20.7. The van der Waals surface area contributed by atoms with Crippen molar-refractivity contribution >= 4 is 11.9 Å². The zero-order valence-electron chi connectivity index (χ0n) is 16.3. The molecule has 2 rings (SSSR count). The summed E-state index contributed by atoms with van der Waals surface area (Å²) in [5.74, 6) is -14.4. The number of carboxylic acids is 2. The van der Waals surface area contributed by atoms with E-state index in [1.54, 1.807) is 0 Å². The summed E-state index contributed by atoms with van der Waals surface area (Å²) in [6.07, 6.45) is 0. The number of halogens is 6. The highest BCUT2D eigenvalue weighted by molar-refractivity contribution is 5.89. The van der Waals surface area contributed by atoms with Gasteiger partial charge in [-0.05, 0) is 12.1 Å². The Hall–Kier alpha value is -3.52. The van der Waals surface area contributed by atoms with Crippen LogP contribution in [-0.4, -0.2) is 59.8 Å². The fraction of sp³-hybridized carbons (Fsp3) is 0.222. The average Bonchev–Trinajstić information content (AvgIpc) is 2.74. The summed E-state index contributed by atoms with van der Waals surface area (Å²) >= 11 is 0. The maximum absolute atomic E-state index is 13.1. The Morgan fingerprint density at radius 3 is 1.16 bits per heavy atom. The Bertz CT molecular complexity index is 890. The van der Waals surface area contributed by atoms with Crippen molar-refractivity contribution in [3.8, 4) is 11.5 Å². The van der Waals surface area contributed by atoms with Crippen molar-refractivity contribution in [2.75, 3.05) is 27.4 Å². The van der Waals surface area contributed by atoms with Crippen molar-refractivity contribution in [2.24, 2.45) is 0 Å². The molecule has 0 aromatic heterocycles. The van der Waals surface area contributed by atoms with Crippen molar-refractivity contribution in [1.29, 1.82) is 0 Å². The lowest BCUT2D eigenvalue weighted by Gasteiger charge is -2.06. The van der Waals surface area contributed by atoms with Crippen LogP contribution in [0.15, 0.2) is 12.1 Å². The van der Waals surface area contributed by atoms with Gasteiger partial charge in [0.15, 0.2) is 34.8 Å². The Morgan fingerprint density at radius 2 is 0.969 bits per heavy atom. The lowest BCUT2D eigenvalue weighted by atomic mass is 10.2. The molecular weight excluding hydrogens is 458 g/mol. The highest BCUT2D eigenvalue weighted by Gasteiger charge is 2.24. The first-order valence-electron chi connectivity index (χ1n) is 8.00. The molecular formula is C18H16F6O8. The van der Waals surface area contributed by atoms with Crippen LogP contribution in [0.4, 0.5) is 26.3 Å². The Kier molecular flexibility index (Phi) is 11.6. The van der Waals surface area contributed by atoms with Crippen molar-refractivity contribution in [1.82, 2.24) is 0 Å². The van der Waals surface area contributed by atoms with E-state index < -0.39 is 69.5 Å². The van der Waals surface area contributed by atoms with Gasteiger partial charge in [0.1, 0.15) is 11.1 Å². The molecule has 0 spiro atoms. The smallest absolute Gasteiger partial charge is 0.338 e. The third kappa shape index (κ3) is 7.02. The van der Waals surface area contributed by atoms with E-state index in [0.29, 0.717) is 0 Å². The molecule has 0 aliphatic carbocycles. The predicted octanol–water partition coefficient (Wildman–Crippen LogP) is 2.59. The van der Waals surface area contributed by atoms with Gasteiger partial charge in [-0.3, -0.25) is 0 Å². The maximum Gasteiger partial charge on any atom is 0.338 e. The lowest BCUT2D eigenvalue weighted by Crippen LogP contribution is -2.06. The van der Waals surface area contributed by atoms with Gasteiger partial charge in [0.2, 0.25) is 11.6 Å². The number of carboxylic acid groups (broad SMARTS) is 2. The minimum Gasteiger partial charge on any atom is -0.491 e. The first-order valence-corrected chi connectivity index (χ1v) is 8.00. The molecule has 0 bridgehead atoms. The quantitative estimate of drug-likeness (QED) is 0.384. The van der Waals surface area contributed by atoms with Crippen molar-refractivity contribution in [3.05, 3.63) is 58.2 Å². The molecule has 4 N–H and O–H groups in total. The zero-order valence-corrected chi connectivity index (χ0v) is 16.3. The average molecular weight is 474 g/mol. The van der Waals surface area contributed by atoms with Crippen molar-refractivity contribution < 1.29 is 65.8 Å². The minimum absolute atomic E-state index is 0.125. The van der Waals surface area contributed by atoms with E-state index in [4.69, 9.17) is 20.4 Å². The SMILES string of the molecule is COc1c(F)c(F)cc(C(=O)O)c1F.COc1c(F)c(F)cc(C(=O)O)c1F.OCCO. The van der Waals surface area contributed by atoms with Crippen LogP contribution in [0.25, 0.3) is 0 Å². The molecule has 32 heavy (non-hydrogen) atoms. The second-order valence-electron chi connectivity index (χ2n) is 5.19. The van der Waals surface area contributed by atoms with Crippen LogP contribution in [0.3, 0.4) is 0 Å². The molecule has 0 fully saturated rings. The molecule has 0 heterocycles. The molecule has 0 aliphatic heterocycles. The third-order valence-electron chi connectivity index (χ3n) is 3.20. The molecule has 0 saturated carbocycles. The monoisotopic (exact) mass is 474 g/mol. The molecule has 0 atom stereocenters. The summed E-state index contributed by atoms with van der Waals surface area (Å²) < 4.78 is 85.4. The number of hydrogen-bond acceptors (Lipinski definition) is 6. The van der Waals surface area contributed by atoms with Gasteiger partial charge in [0.05, 0.1) is 27.4 Å². The second-order valence-corrected chi connectivity index (χ2v) is 5.19. The number of aliphatic hydroxyl groups is 2.